The van der Waals surface area contributed by atoms with E-state index in [0.29, 0.717) is 31.0 Å². The molecule has 1 atom stereocenters. The monoisotopic (exact) mass is 287 g/mol. The summed E-state index contributed by atoms with van der Waals surface area (Å²) < 4.78 is 0. The third-order valence-electron chi connectivity index (χ3n) is 3.61. The standard InChI is InChI=1S/C15H21N5O/c1-4-18-15(21)13-9-17-5-6-20(13)14-12(8-16)10(2)7-11(3)19-14/h7,13,17H,4-6,9H2,1-3H3,(H,18,21). The minimum absolute atomic E-state index is 0.0328. The average Bonchev–Trinajstić information content (AvgIpc) is 2.47. The molecule has 2 rings (SSSR count). The summed E-state index contributed by atoms with van der Waals surface area (Å²) >= 11 is 0. The fraction of sp³-hybridized carbons (Fsp3) is 0.533. The molecule has 1 aromatic rings. The van der Waals surface area contributed by atoms with Crippen LogP contribution in [-0.2, 0) is 4.79 Å². The molecule has 0 aliphatic carbocycles. The van der Waals surface area contributed by atoms with Gasteiger partial charge in [0.15, 0.2) is 0 Å². The predicted molar refractivity (Wildman–Crippen MR) is 81.1 cm³/mol. The quantitative estimate of drug-likeness (QED) is 0.845. The van der Waals surface area contributed by atoms with Gasteiger partial charge >= 0.3 is 0 Å². The number of carbonyl (C=O) groups is 1. The van der Waals surface area contributed by atoms with Crippen molar-refractivity contribution >= 4 is 11.7 Å². The maximum atomic E-state index is 12.2. The van der Waals surface area contributed by atoms with Gasteiger partial charge in [-0.1, -0.05) is 0 Å². The van der Waals surface area contributed by atoms with Gasteiger partial charge in [-0.15, -0.1) is 0 Å². The average molecular weight is 287 g/mol. The summed E-state index contributed by atoms with van der Waals surface area (Å²) in [6.45, 7) is 8.29. The van der Waals surface area contributed by atoms with Crippen molar-refractivity contribution in [2.75, 3.05) is 31.1 Å². The van der Waals surface area contributed by atoms with Crippen molar-refractivity contribution in [2.24, 2.45) is 0 Å². The molecule has 1 unspecified atom stereocenters. The number of piperazine rings is 1. The Hall–Kier alpha value is -2.13. The van der Waals surface area contributed by atoms with Crippen molar-refractivity contribution in [1.29, 1.82) is 5.26 Å². The SMILES string of the molecule is CCNC(=O)C1CNCCN1c1nc(C)cc(C)c1C#N. The summed E-state index contributed by atoms with van der Waals surface area (Å²) in [5, 5.41) is 15.5. The Kier molecular flexibility index (Phi) is 4.76. The summed E-state index contributed by atoms with van der Waals surface area (Å²) in [6, 6.07) is 3.78. The number of aromatic nitrogens is 1. The van der Waals surface area contributed by atoms with Crippen LogP contribution in [0.3, 0.4) is 0 Å². The van der Waals surface area contributed by atoms with Crippen molar-refractivity contribution in [3.8, 4) is 6.07 Å². The van der Waals surface area contributed by atoms with Gasteiger partial charge in [0, 0.05) is 31.9 Å². The van der Waals surface area contributed by atoms with E-state index in [1.165, 1.54) is 0 Å². The molecule has 0 spiro atoms. The van der Waals surface area contributed by atoms with Gasteiger partial charge in [0.2, 0.25) is 5.91 Å². The molecule has 6 nitrogen and oxygen atoms in total. The van der Waals surface area contributed by atoms with Gasteiger partial charge < -0.3 is 15.5 Å². The molecule has 2 N–H and O–H groups in total. The molecule has 1 fully saturated rings. The molecule has 1 aromatic heterocycles. The van der Waals surface area contributed by atoms with E-state index in [0.717, 1.165) is 17.8 Å². The number of nitrogens with one attached hydrogen (secondary N) is 2. The Morgan fingerprint density at radius 3 is 3.05 bits per heavy atom. The van der Waals surface area contributed by atoms with Crippen molar-refractivity contribution in [2.45, 2.75) is 26.8 Å². The van der Waals surface area contributed by atoms with Gasteiger partial charge in [-0.25, -0.2) is 4.98 Å². The molecule has 2 heterocycles. The van der Waals surface area contributed by atoms with Gasteiger partial charge in [-0.05, 0) is 32.4 Å². The summed E-state index contributed by atoms with van der Waals surface area (Å²) in [5.41, 5.74) is 2.31. The Morgan fingerprint density at radius 1 is 1.62 bits per heavy atom. The molecule has 0 saturated carbocycles. The third kappa shape index (κ3) is 3.14. The molecule has 1 saturated heterocycles. The zero-order valence-corrected chi connectivity index (χ0v) is 12.7. The van der Waals surface area contributed by atoms with Crippen LogP contribution in [0.5, 0.6) is 0 Å². The first kappa shape index (κ1) is 15.3. The van der Waals surface area contributed by atoms with E-state index >= 15 is 0 Å². The molecule has 0 radical (unpaired) electrons. The molecule has 1 amide bonds. The van der Waals surface area contributed by atoms with Crippen LogP contribution in [0, 0.1) is 25.2 Å². The number of likely N-dealkylation sites (N-methyl/N-ethyl adjacent to an activating group) is 1. The largest absolute Gasteiger partial charge is 0.355 e. The Bertz CT molecular complexity index is 578. The van der Waals surface area contributed by atoms with Crippen LogP contribution in [0.1, 0.15) is 23.7 Å². The van der Waals surface area contributed by atoms with Gasteiger partial charge in [0.05, 0.1) is 5.56 Å². The van der Waals surface area contributed by atoms with Crippen LogP contribution in [-0.4, -0.2) is 43.1 Å². The number of amides is 1. The minimum atomic E-state index is -0.334. The van der Waals surface area contributed by atoms with E-state index in [1.807, 2.05) is 31.7 Å². The van der Waals surface area contributed by atoms with E-state index < -0.39 is 0 Å². The summed E-state index contributed by atoms with van der Waals surface area (Å²) in [4.78, 5) is 18.7. The second kappa shape index (κ2) is 6.55. The fourth-order valence-electron chi connectivity index (χ4n) is 2.65. The predicted octanol–water partition coefficient (Wildman–Crippen LogP) is 0.484. The maximum absolute atomic E-state index is 12.2. The lowest BCUT2D eigenvalue weighted by molar-refractivity contribution is -0.122. The molecule has 1 aliphatic rings. The van der Waals surface area contributed by atoms with Crippen LogP contribution in [0.25, 0.3) is 0 Å². The van der Waals surface area contributed by atoms with Crippen LogP contribution in [0.15, 0.2) is 6.07 Å². The van der Waals surface area contributed by atoms with Crippen LogP contribution < -0.4 is 15.5 Å². The zero-order chi connectivity index (χ0) is 15.4. The molecule has 21 heavy (non-hydrogen) atoms. The van der Waals surface area contributed by atoms with E-state index in [1.54, 1.807) is 0 Å². The smallest absolute Gasteiger partial charge is 0.244 e. The van der Waals surface area contributed by atoms with Gasteiger partial charge in [-0.3, -0.25) is 4.79 Å². The van der Waals surface area contributed by atoms with Crippen LogP contribution in [0.4, 0.5) is 5.82 Å². The lowest BCUT2D eigenvalue weighted by atomic mass is 10.1. The van der Waals surface area contributed by atoms with Crippen LogP contribution in [0.2, 0.25) is 0 Å². The Morgan fingerprint density at radius 2 is 2.38 bits per heavy atom. The Balaban J connectivity index is 2.42. The lowest BCUT2D eigenvalue weighted by Crippen LogP contribution is -2.58. The lowest BCUT2D eigenvalue weighted by Gasteiger charge is -2.36. The first-order valence-electron chi connectivity index (χ1n) is 7.22. The Labute approximate surface area is 125 Å². The van der Waals surface area contributed by atoms with Crippen molar-refractivity contribution < 1.29 is 4.79 Å². The number of hydrogen-bond acceptors (Lipinski definition) is 5. The molecule has 1 aliphatic heterocycles. The number of nitriles is 1. The fourth-order valence-corrected chi connectivity index (χ4v) is 2.65. The molecule has 0 bridgehead atoms. The van der Waals surface area contributed by atoms with Crippen molar-refractivity contribution in [3.63, 3.8) is 0 Å². The number of hydrogen-bond donors (Lipinski definition) is 2. The van der Waals surface area contributed by atoms with Gasteiger partial charge in [0.25, 0.3) is 0 Å². The van der Waals surface area contributed by atoms with Crippen molar-refractivity contribution in [1.82, 2.24) is 15.6 Å². The second-order valence-electron chi connectivity index (χ2n) is 5.20. The molecule has 0 aromatic carbocycles. The highest BCUT2D eigenvalue weighted by atomic mass is 16.2. The molecule has 112 valence electrons. The second-order valence-corrected chi connectivity index (χ2v) is 5.20. The number of nitrogens with zero attached hydrogens (tertiary/aromatic N) is 3. The highest BCUT2D eigenvalue weighted by Gasteiger charge is 2.31. The molecular formula is C15H21N5O. The van der Waals surface area contributed by atoms with E-state index in [-0.39, 0.29) is 11.9 Å². The van der Waals surface area contributed by atoms with E-state index in [9.17, 15) is 10.1 Å². The zero-order valence-electron chi connectivity index (χ0n) is 12.7. The normalized spacial score (nSPS) is 18.2. The molecule has 6 heteroatoms. The first-order valence-corrected chi connectivity index (χ1v) is 7.22. The number of anilines is 1. The summed E-state index contributed by atoms with van der Waals surface area (Å²) in [5.74, 6) is 0.585. The minimum Gasteiger partial charge on any atom is -0.355 e. The first-order chi connectivity index (χ1) is 10.1. The van der Waals surface area contributed by atoms with E-state index in [2.05, 4.69) is 21.7 Å². The third-order valence-corrected chi connectivity index (χ3v) is 3.61. The molecular weight excluding hydrogens is 266 g/mol. The van der Waals surface area contributed by atoms with E-state index in [4.69, 9.17) is 0 Å². The van der Waals surface area contributed by atoms with Crippen LogP contribution >= 0.6 is 0 Å². The number of aryl methyl sites for hydroxylation is 2. The number of rotatable bonds is 3. The topological polar surface area (TPSA) is 81.1 Å². The van der Waals surface area contributed by atoms with Gasteiger partial charge in [0.1, 0.15) is 17.9 Å². The number of pyridine rings is 1. The summed E-state index contributed by atoms with van der Waals surface area (Å²) in [7, 11) is 0. The highest BCUT2D eigenvalue weighted by Crippen LogP contribution is 2.24. The maximum Gasteiger partial charge on any atom is 0.244 e. The van der Waals surface area contributed by atoms with Crippen molar-refractivity contribution in [3.05, 3.63) is 22.9 Å². The highest BCUT2D eigenvalue weighted by molar-refractivity contribution is 5.86. The van der Waals surface area contributed by atoms with Gasteiger partial charge in [-0.2, -0.15) is 5.26 Å². The summed E-state index contributed by atoms with van der Waals surface area (Å²) in [6.07, 6.45) is 0. The number of carbonyl (C=O) groups excluding carboxylic acids is 1.